The third-order valence-corrected chi connectivity index (χ3v) is 15.6. The number of aliphatic imine (C=N–C) groups is 1. The summed E-state index contributed by atoms with van der Waals surface area (Å²) in [6, 6.07) is 20.7. The summed E-state index contributed by atoms with van der Waals surface area (Å²) >= 11 is 7.96. The van der Waals surface area contributed by atoms with Gasteiger partial charge in [-0.3, -0.25) is 28.6 Å². The van der Waals surface area contributed by atoms with E-state index in [1.807, 2.05) is 129 Å². The normalized spacial score (nSPS) is 20.2. The molecule has 1 unspecified atom stereocenters. The number of amides is 3. The number of benzene rings is 3. The van der Waals surface area contributed by atoms with Crippen LogP contribution in [0.3, 0.4) is 0 Å². The Kier molecular flexibility index (Phi) is 13.5. The Morgan fingerprint density at radius 1 is 0.931 bits per heavy atom. The number of rotatable bonds is 14. The van der Waals surface area contributed by atoms with Gasteiger partial charge in [0.2, 0.25) is 17.7 Å². The standard InChI is InChI=1S/C54H58ClN11O5S/c1-29(2)49(53(70)64-28-41(67)24-45(64)52(69)58-31(4)34-11-13-36(14-12-34)50-56-19-20-63(50)7)65-27-38(26-57-65)37-9-8-10-42(21-37)71-43-22-40(23-43)59-46(68)25-44-51-62-61-33(6)66(51)54-47(30(3)32(5)72-54)48(60-44)35-15-17-39(55)18-16-35/h8-21,26-27,29,31,40-41,43-45,49,67H,22-25,28H2,1-7H3,(H,58,69)(H,59,68)/t31-,40-,41+,43+,44-,45-,49?/m0/s1. The maximum Gasteiger partial charge on any atom is 0.248 e. The number of fused-ring (bicyclic) bond motifs is 3. The molecular formula is C54H58ClN11O5S. The van der Waals surface area contributed by atoms with Crippen molar-refractivity contribution in [3.63, 3.8) is 0 Å². The van der Waals surface area contributed by atoms with Crippen LogP contribution >= 0.6 is 22.9 Å². The monoisotopic (exact) mass is 1010 g/mol. The lowest BCUT2D eigenvalue weighted by molar-refractivity contribution is -0.142. The topological polar surface area (TPSA) is 187 Å². The third-order valence-electron chi connectivity index (χ3n) is 14.2. The number of ether oxygens (including phenoxy) is 1. The molecular weight excluding hydrogens is 950 g/mol. The van der Waals surface area contributed by atoms with E-state index in [1.54, 1.807) is 28.4 Å². The molecule has 2 aliphatic heterocycles. The second kappa shape index (κ2) is 19.9. The van der Waals surface area contributed by atoms with Crippen LogP contribution in [0.4, 0.5) is 0 Å². The Bertz CT molecular complexity index is 3190. The molecule has 4 aromatic heterocycles. The Morgan fingerprint density at radius 3 is 2.40 bits per heavy atom. The molecule has 16 nitrogen and oxygen atoms in total. The SMILES string of the molecule is Cc1sc2c(c1C)C(c1ccc(Cl)cc1)=N[C@@H](CC(=O)N[C@H]1C[C@@H](Oc3cccc(-c4cnn(C(C(=O)N5C[C@H](O)C[C@H]5C(=O)N[C@@H](C)c5ccc(-c6nccn6C)cc5)C(C)C)c4)c3)C1)c1nnc(C)n1-2. The van der Waals surface area contributed by atoms with Gasteiger partial charge >= 0.3 is 0 Å². The van der Waals surface area contributed by atoms with E-state index >= 15 is 0 Å². The molecule has 1 aliphatic carbocycles. The second-order valence-electron chi connectivity index (χ2n) is 19.6. The van der Waals surface area contributed by atoms with Crippen molar-refractivity contribution in [2.45, 2.75) is 110 Å². The zero-order valence-corrected chi connectivity index (χ0v) is 42.9. The Labute approximate surface area is 427 Å². The maximum atomic E-state index is 14.4. The van der Waals surface area contributed by atoms with E-state index in [0.717, 1.165) is 61.3 Å². The van der Waals surface area contributed by atoms with Crippen LogP contribution in [0.2, 0.25) is 5.02 Å². The highest BCUT2D eigenvalue weighted by Crippen LogP contribution is 2.40. The number of aliphatic hydroxyl groups is 1. The van der Waals surface area contributed by atoms with Crippen LogP contribution in [0, 0.1) is 26.7 Å². The van der Waals surface area contributed by atoms with Gasteiger partial charge in [0.15, 0.2) is 5.82 Å². The lowest BCUT2D eigenvalue weighted by atomic mass is 9.89. The minimum Gasteiger partial charge on any atom is -0.490 e. The number of thiophene rings is 1. The summed E-state index contributed by atoms with van der Waals surface area (Å²) in [7, 11) is 1.94. The summed E-state index contributed by atoms with van der Waals surface area (Å²) in [6.45, 7) is 12.0. The fourth-order valence-electron chi connectivity index (χ4n) is 10.1. The predicted octanol–water partition coefficient (Wildman–Crippen LogP) is 8.22. The van der Waals surface area contributed by atoms with Gasteiger partial charge in [-0.25, -0.2) is 4.98 Å². The molecule has 372 valence electrons. The highest BCUT2D eigenvalue weighted by atomic mass is 35.5. The molecule has 2 fully saturated rings. The van der Waals surface area contributed by atoms with Crippen molar-refractivity contribution in [3.8, 4) is 33.3 Å². The molecule has 72 heavy (non-hydrogen) atoms. The number of β-amino-alcohol motifs (C(OH)–C–C–N with tert-alkyl or cyclic N) is 1. The number of nitrogens with zero attached hydrogens (tertiary/aromatic N) is 9. The van der Waals surface area contributed by atoms with Gasteiger partial charge in [-0.15, -0.1) is 21.5 Å². The number of hydrogen-bond acceptors (Lipinski definition) is 11. The van der Waals surface area contributed by atoms with Gasteiger partial charge in [-0.05, 0) is 74.6 Å². The van der Waals surface area contributed by atoms with Gasteiger partial charge in [0.25, 0.3) is 0 Å². The van der Waals surface area contributed by atoms with Crippen molar-refractivity contribution < 1.29 is 24.2 Å². The fraction of sp³-hybridized carbons (Fsp3) is 0.370. The first-order valence-electron chi connectivity index (χ1n) is 24.4. The number of aliphatic hydroxyl groups excluding tert-OH is 1. The van der Waals surface area contributed by atoms with E-state index in [0.29, 0.717) is 29.4 Å². The minimum atomic E-state index is -0.841. The molecule has 5 atom stereocenters. The number of hydrogen-bond donors (Lipinski definition) is 3. The summed E-state index contributed by atoms with van der Waals surface area (Å²) in [6.07, 6.45) is 7.80. The first kappa shape index (κ1) is 48.7. The highest BCUT2D eigenvalue weighted by molar-refractivity contribution is 7.15. The van der Waals surface area contributed by atoms with Gasteiger partial charge in [-0.1, -0.05) is 74.0 Å². The number of likely N-dealkylation sites (tertiary alicyclic amines) is 1. The summed E-state index contributed by atoms with van der Waals surface area (Å²) in [5, 5.41) is 32.4. The molecule has 0 bridgehead atoms. The first-order chi connectivity index (χ1) is 34.6. The predicted molar refractivity (Wildman–Crippen MR) is 276 cm³/mol. The van der Waals surface area contributed by atoms with Crippen molar-refractivity contribution in [2.24, 2.45) is 18.0 Å². The molecule has 0 spiro atoms. The molecule has 7 aromatic rings. The van der Waals surface area contributed by atoms with Crippen LogP contribution in [-0.2, 0) is 21.4 Å². The quantitative estimate of drug-likeness (QED) is 0.0966. The average molecular weight is 1010 g/mol. The molecule has 1 saturated carbocycles. The molecule has 3 amide bonds. The molecule has 6 heterocycles. The van der Waals surface area contributed by atoms with Crippen LogP contribution in [0.1, 0.15) is 103 Å². The van der Waals surface area contributed by atoms with E-state index < -0.39 is 24.2 Å². The zero-order chi connectivity index (χ0) is 50.5. The van der Waals surface area contributed by atoms with E-state index in [2.05, 4.69) is 44.8 Å². The lowest BCUT2D eigenvalue weighted by Gasteiger charge is -2.36. The number of nitrogens with one attached hydrogen (secondary N) is 2. The van der Waals surface area contributed by atoms with Crippen LogP contribution < -0.4 is 15.4 Å². The van der Waals surface area contributed by atoms with Crippen molar-refractivity contribution >= 4 is 46.4 Å². The number of aromatic nitrogens is 7. The summed E-state index contributed by atoms with van der Waals surface area (Å²) in [5.74, 6) is 1.99. The molecule has 3 aliphatic rings. The molecule has 1 saturated heterocycles. The van der Waals surface area contributed by atoms with Crippen molar-refractivity contribution in [2.75, 3.05) is 6.54 Å². The third kappa shape index (κ3) is 9.60. The molecule has 10 rings (SSSR count). The largest absolute Gasteiger partial charge is 0.490 e. The van der Waals surface area contributed by atoms with E-state index in [4.69, 9.17) is 21.3 Å². The lowest BCUT2D eigenvalue weighted by Crippen LogP contribution is -2.49. The molecule has 3 aromatic carbocycles. The Balaban J connectivity index is 0.762. The van der Waals surface area contributed by atoms with Crippen LogP contribution in [-0.4, -0.2) is 98.4 Å². The number of imidazole rings is 1. The van der Waals surface area contributed by atoms with Gasteiger partial charge in [-0.2, -0.15) is 5.10 Å². The van der Waals surface area contributed by atoms with E-state index in [9.17, 15) is 19.5 Å². The molecule has 3 N–H and O–H groups in total. The average Bonchev–Trinajstić information content (AvgIpc) is 4.19. The van der Waals surface area contributed by atoms with Crippen molar-refractivity contribution in [3.05, 3.63) is 141 Å². The number of carbonyl (C=O) groups is 3. The van der Waals surface area contributed by atoms with Gasteiger partial charge in [0.05, 0.1) is 30.5 Å². The van der Waals surface area contributed by atoms with Gasteiger partial charge < -0.3 is 29.9 Å². The van der Waals surface area contributed by atoms with E-state index in [-0.39, 0.29) is 61.2 Å². The summed E-state index contributed by atoms with van der Waals surface area (Å²) in [5.41, 5.74) is 7.38. The van der Waals surface area contributed by atoms with Crippen LogP contribution in [0.25, 0.3) is 27.5 Å². The Hall–Kier alpha value is -6.95. The smallest absolute Gasteiger partial charge is 0.248 e. The second-order valence-corrected chi connectivity index (χ2v) is 21.3. The Morgan fingerprint density at radius 2 is 1.68 bits per heavy atom. The zero-order valence-electron chi connectivity index (χ0n) is 41.3. The van der Waals surface area contributed by atoms with Crippen LogP contribution in [0.5, 0.6) is 5.75 Å². The minimum absolute atomic E-state index is 0.0484. The first-order valence-corrected chi connectivity index (χ1v) is 25.6. The number of aryl methyl sites for hydroxylation is 3. The van der Waals surface area contributed by atoms with Crippen molar-refractivity contribution in [1.29, 1.82) is 0 Å². The van der Waals surface area contributed by atoms with Gasteiger partial charge in [0, 0.05) is 89.6 Å². The van der Waals surface area contributed by atoms with E-state index in [1.165, 1.54) is 9.78 Å². The molecule has 18 heteroatoms. The van der Waals surface area contributed by atoms with Crippen molar-refractivity contribution in [1.82, 2.24) is 49.6 Å². The number of carbonyl (C=O) groups excluding carboxylic acids is 3. The van der Waals surface area contributed by atoms with Crippen LogP contribution in [0.15, 0.2) is 103 Å². The fourth-order valence-corrected chi connectivity index (χ4v) is 11.4. The molecule has 0 radical (unpaired) electrons. The summed E-state index contributed by atoms with van der Waals surface area (Å²) in [4.78, 5) is 54.4. The summed E-state index contributed by atoms with van der Waals surface area (Å²) < 4.78 is 12.1. The maximum absolute atomic E-state index is 14.4. The number of halogens is 1. The highest BCUT2D eigenvalue weighted by Gasteiger charge is 2.43. The van der Waals surface area contributed by atoms with Gasteiger partial charge in [0.1, 0.15) is 46.6 Å².